The molecule has 1 amide bonds. The lowest BCUT2D eigenvalue weighted by Gasteiger charge is -2.18. The number of ether oxygens (including phenoxy) is 2. The molecule has 0 aliphatic rings. The first-order valence-corrected chi connectivity index (χ1v) is 8.03. The van der Waals surface area contributed by atoms with E-state index in [4.69, 9.17) is 9.47 Å². The monoisotopic (exact) mass is 291 g/mol. The number of esters is 1. The Morgan fingerprint density at radius 1 is 1.32 bits per heavy atom. The molecule has 6 heteroatoms. The van der Waals surface area contributed by atoms with Gasteiger partial charge in [-0.25, -0.2) is 9.59 Å². The van der Waals surface area contributed by atoms with E-state index in [9.17, 15) is 9.59 Å². The summed E-state index contributed by atoms with van der Waals surface area (Å²) in [4.78, 5) is 23.4. The van der Waals surface area contributed by atoms with E-state index in [0.29, 0.717) is 13.0 Å². The first-order valence-electron chi connectivity index (χ1n) is 6.64. The Morgan fingerprint density at radius 3 is 2.53 bits per heavy atom. The van der Waals surface area contributed by atoms with Gasteiger partial charge in [-0.1, -0.05) is 13.3 Å². The van der Waals surface area contributed by atoms with E-state index in [1.807, 2.05) is 13.2 Å². The number of unbranched alkanes of at least 4 members (excludes halogenated alkanes) is 1. The third kappa shape index (κ3) is 9.64. The van der Waals surface area contributed by atoms with Crippen LogP contribution in [0.25, 0.3) is 0 Å². The molecule has 0 heterocycles. The van der Waals surface area contributed by atoms with Crippen molar-refractivity contribution in [3.05, 3.63) is 0 Å². The number of thioether (sulfide) groups is 1. The zero-order chi connectivity index (χ0) is 14.7. The molecule has 19 heavy (non-hydrogen) atoms. The van der Waals surface area contributed by atoms with Gasteiger partial charge in [0, 0.05) is 0 Å². The Morgan fingerprint density at radius 2 is 2.00 bits per heavy atom. The second kappa shape index (κ2) is 11.0. The molecular weight excluding hydrogens is 266 g/mol. The number of hydrogen-bond donors (Lipinski definition) is 1. The molecule has 0 saturated carbocycles. The van der Waals surface area contributed by atoms with Crippen molar-refractivity contribution < 1.29 is 19.1 Å². The molecule has 0 rings (SSSR count). The summed E-state index contributed by atoms with van der Waals surface area (Å²) in [5.74, 6) is 0.365. The summed E-state index contributed by atoms with van der Waals surface area (Å²) in [6.45, 7) is 5.95. The number of alkyl carbamates (subject to hydrolysis) is 1. The predicted molar refractivity (Wildman–Crippen MR) is 77.4 cm³/mol. The van der Waals surface area contributed by atoms with Crippen molar-refractivity contribution >= 4 is 23.8 Å². The zero-order valence-corrected chi connectivity index (χ0v) is 13.0. The van der Waals surface area contributed by atoms with Crippen LogP contribution in [0, 0.1) is 0 Å². The summed E-state index contributed by atoms with van der Waals surface area (Å²) in [6, 6.07) is -0.635. The lowest BCUT2D eigenvalue weighted by Crippen LogP contribution is -2.43. The molecule has 112 valence electrons. The van der Waals surface area contributed by atoms with Crippen molar-refractivity contribution in [1.29, 1.82) is 0 Å². The van der Waals surface area contributed by atoms with Crippen LogP contribution in [-0.4, -0.2) is 42.8 Å². The molecule has 0 aromatic rings. The van der Waals surface area contributed by atoms with Crippen molar-refractivity contribution in [3.8, 4) is 0 Å². The third-order valence-corrected chi connectivity index (χ3v) is 2.91. The second-order valence-electron chi connectivity index (χ2n) is 4.45. The summed E-state index contributed by atoms with van der Waals surface area (Å²) in [6.07, 6.45) is 3.51. The maximum Gasteiger partial charge on any atom is 0.407 e. The molecule has 0 spiro atoms. The van der Waals surface area contributed by atoms with Crippen LogP contribution in [0.15, 0.2) is 0 Å². The van der Waals surface area contributed by atoms with E-state index in [1.165, 1.54) is 0 Å². The van der Waals surface area contributed by atoms with E-state index in [0.717, 1.165) is 18.6 Å². The topological polar surface area (TPSA) is 64.6 Å². The van der Waals surface area contributed by atoms with Crippen LogP contribution in [0.4, 0.5) is 4.79 Å². The van der Waals surface area contributed by atoms with Crippen molar-refractivity contribution in [1.82, 2.24) is 5.32 Å². The number of hydrogen-bond acceptors (Lipinski definition) is 5. The number of carbonyl (C=O) groups is 2. The standard InChI is InChI=1S/C13H25NO4S/c1-5-6-8-17-13(16)14-11(7-9-19-4)12(15)18-10(2)3/h10-11H,5-9H2,1-4H3,(H,14,16)/t11-/m0/s1. The van der Waals surface area contributed by atoms with Crippen LogP contribution in [0.5, 0.6) is 0 Å². The zero-order valence-electron chi connectivity index (χ0n) is 12.2. The van der Waals surface area contributed by atoms with E-state index in [2.05, 4.69) is 5.32 Å². The number of carbonyl (C=O) groups excluding carboxylic acids is 2. The van der Waals surface area contributed by atoms with Gasteiger partial charge in [0.1, 0.15) is 6.04 Å². The largest absolute Gasteiger partial charge is 0.461 e. The Bertz CT molecular complexity index is 271. The maximum absolute atomic E-state index is 11.8. The molecule has 0 saturated heterocycles. The molecule has 0 fully saturated rings. The van der Waals surface area contributed by atoms with Gasteiger partial charge in [-0.2, -0.15) is 11.8 Å². The van der Waals surface area contributed by atoms with E-state index in [-0.39, 0.29) is 6.10 Å². The van der Waals surface area contributed by atoms with Crippen LogP contribution in [0.3, 0.4) is 0 Å². The molecule has 0 aliphatic carbocycles. The van der Waals surface area contributed by atoms with Gasteiger partial charge in [-0.15, -0.1) is 0 Å². The maximum atomic E-state index is 11.8. The highest BCUT2D eigenvalue weighted by Gasteiger charge is 2.23. The Balaban J connectivity index is 4.24. The van der Waals surface area contributed by atoms with Crippen LogP contribution < -0.4 is 5.32 Å². The van der Waals surface area contributed by atoms with Crippen LogP contribution in [-0.2, 0) is 14.3 Å². The highest BCUT2D eigenvalue weighted by atomic mass is 32.2. The number of amides is 1. The number of rotatable bonds is 9. The molecule has 5 nitrogen and oxygen atoms in total. The van der Waals surface area contributed by atoms with Crippen molar-refractivity contribution in [3.63, 3.8) is 0 Å². The second-order valence-corrected chi connectivity index (χ2v) is 5.44. The van der Waals surface area contributed by atoms with Gasteiger partial charge in [-0.3, -0.25) is 0 Å². The van der Waals surface area contributed by atoms with Crippen molar-refractivity contribution in [2.75, 3.05) is 18.6 Å². The Labute approximate surface area is 119 Å². The van der Waals surface area contributed by atoms with Gasteiger partial charge in [0.2, 0.25) is 0 Å². The van der Waals surface area contributed by atoms with Crippen molar-refractivity contribution in [2.24, 2.45) is 0 Å². The average Bonchev–Trinajstić information content (AvgIpc) is 2.33. The van der Waals surface area contributed by atoms with Gasteiger partial charge in [0.25, 0.3) is 0 Å². The molecule has 0 bridgehead atoms. The molecule has 0 aromatic heterocycles. The smallest absolute Gasteiger partial charge is 0.407 e. The lowest BCUT2D eigenvalue weighted by molar-refractivity contribution is -0.149. The van der Waals surface area contributed by atoms with Gasteiger partial charge in [-0.05, 0) is 38.7 Å². The van der Waals surface area contributed by atoms with Gasteiger partial charge in [0.05, 0.1) is 12.7 Å². The molecule has 0 aliphatic heterocycles. The minimum Gasteiger partial charge on any atom is -0.461 e. The Hall–Kier alpha value is -0.910. The Kier molecular flexibility index (Phi) is 10.4. The van der Waals surface area contributed by atoms with Gasteiger partial charge in [0.15, 0.2) is 0 Å². The van der Waals surface area contributed by atoms with E-state index < -0.39 is 18.1 Å². The summed E-state index contributed by atoms with van der Waals surface area (Å²) in [5.41, 5.74) is 0. The minimum absolute atomic E-state index is 0.192. The van der Waals surface area contributed by atoms with Crippen LogP contribution in [0.1, 0.15) is 40.0 Å². The molecular formula is C13H25NO4S. The highest BCUT2D eigenvalue weighted by molar-refractivity contribution is 7.98. The van der Waals surface area contributed by atoms with Gasteiger partial charge >= 0.3 is 12.1 Å². The third-order valence-electron chi connectivity index (χ3n) is 2.27. The first-order chi connectivity index (χ1) is 9.01. The number of nitrogens with one attached hydrogen (secondary N) is 1. The molecule has 1 N–H and O–H groups in total. The SMILES string of the molecule is CCCCOC(=O)N[C@@H](CCSC)C(=O)OC(C)C. The van der Waals surface area contributed by atoms with Crippen molar-refractivity contribution in [2.45, 2.75) is 52.2 Å². The predicted octanol–water partition coefficient (Wildman–Crippen LogP) is 2.59. The highest BCUT2D eigenvalue weighted by Crippen LogP contribution is 2.05. The van der Waals surface area contributed by atoms with Crippen LogP contribution >= 0.6 is 11.8 Å². The molecule has 0 unspecified atom stereocenters. The fourth-order valence-corrected chi connectivity index (χ4v) is 1.76. The normalized spacial score (nSPS) is 12.1. The summed E-state index contributed by atoms with van der Waals surface area (Å²) < 4.78 is 10.1. The molecule has 0 aromatic carbocycles. The average molecular weight is 291 g/mol. The first kappa shape index (κ1) is 18.1. The molecule has 0 radical (unpaired) electrons. The minimum atomic E-state index is -0.635. The summed E-state index contributed by atoms with van der Waals surface area (Å²) >= 11 is 1.61. The molecule has 1 atom stereocenters. The summed E-state index contributed by atoms with van der Waals surface area (Å²) in [7, 11) is 0. The lowest BCUT2D eigenvalue weighted by atomic mass is 10.2. The van der Waals surface area contributed by atoms with Crippen LogP contribution in [0.2, 0.25) is 0 Å². The summed E-state index contributed by atoms with van der Waals surface area (Å²) in [5, 5.41) is 2.57. The fraction of sp³-hybridized carbons (Fsp3) is 0.846. The van der Waals surface area contributed by atoms with Gasteiger partial charge < -0.3 is 14.8 Å². The quantitative estimate of drug-likeness (QED) is 0.522. The van der Waals surface area contributed by atoms with E-state index in [1.54, 1.807) is 25.6 Å². The fourth-order valence-electron chi connectivity index (χ4n) is 1.29. The van der Waals surface area contributed by atoms with E-state index >= 15 is 0 Å².